The van der Waals surface area contributed by atoms with Crippen molar-refractivity contribution in [3.8, 4) is 0 Å². The molecule has 2 rings (SSSR count). The Morgan fingerprint density at radius 1 is 0.704 bits per heavy atom. The molecule has 0 N–H and O–H groups in total. The number of hydrogen-bond donors (Lipinski definition) is 0. The van der Waals surface area contributed by atoms with E-state index in [9.17, 15) is 0 Å². The van der Waals surface area contributed by atoms with E-state index < -0.39 is 13.6 Å². The first-order valence-electron chi connectivity index (χ1n) is 10.4. The van der Waals surface area contributed by atoms with Crippen LogP contribution in [0.1, 0.15) is 45.7 Å². The van der Waals surface area contributed by atoms with Crippen LogP contribution >= 0.6 is 7.92 Å². The number of rotatable bonds is 10. The van der Waals surface area contributed by atoms with Crippen molar-refractivity contribution < 1.29 is 3.76 Å². The molecule has 0 bridgehead atoms. The van der Waals surface area contributed by atoms with Crippen molar-refractivity contribution in [2.45, 2.75) is 50.4 Å². The minimum atomic E-state index is -2.33. The molecule has 0 aliphatic carbocycles. The molecule has 0 heterocycles. The third-order valence-corrected chi connectivity index (χ3v) is 17.9. The van der Waals surface area contributed by atoms with Crippen molar-refractivity contribution in [3.63, 3.8) is 0 Å². The summed E-state index contributed by atoms with van der Waals surface area (Å²) in [7, 11) is -0.283. The van der Waals surface area contributed by atoms with Gasteiger partial charge in [-0.05, 0) is 0 Å². The van der Waals surface area contributed by atoms with E-state index in [0.717, 1.165) is 0 Å². The molecule has 0 saturated heterocycles. The summed E-state index contributed by atoms with van der Waals surface area (Å²) >= 11 is -2.33. The minimum absolute atomic E-state index is 0.283. The van der Waals surface area contributed by atoms with Crippen LogP contribution < -0.4 is 0 Å². The molecule has 0 atom stereocenters. The van der Waals surface area contributed by atoms with Crippen LogP contribution in [0.15, 0.2) is 66.2 Å². The van der Waals surface area contributed by atoms with E-state index in [0.29, 0.717) is 0 Å². The maximum atomic E-state index is 7.20. The van der Waals surface area contributed by atoms with Crippen molar-refractivity contribution in [1.82, 2.24) is 0 Å². The molecule has 0 saturated carbocycles. The van der Waals surface area contributed by atoms with Gasteiger partial charge >= 0.3 is 171 Å². The molecule has 3 heteroatoms. The van der Waals surface area contributed by atoms with Gasteiger partial charge in [0.25, 0.3) is 0 Å². The Bertz CT molecular complexity index is 654. The molecule has 0 amide bonds. The molecule has 0 radical (unpaired) electrons. The van der Waals surface area contributed by atoms with Gasteiger partial charge in [-0.3, -0.25) is 0 Å². The van der Waals surface area contributed by atoms with E-state index >= 15 is 0 Å². The average molecular weight is 443 g/mol. The van der Waals surface area contributed by atoms with E-state index in [2.05, 4.69) is 95.3 Å². The van der Waals surface area contributed by atoms with Crippen molar-refractivity contribution in [3.05, 3.63) is 77.3 Å². The topological polar surface area (TPSA) is 9.23 Å². The molecule has 2 aromatic rings. The molecule has 146 valence electrons. The molecule has 1 nitrogen and oxygen atoms in total. The SMILES string of the molecule is CCP(CC)C([O][Ge]([CH2]C)([CH2]C)[CH2]C)=C(c1ccccc1)c1ccccc1. The molecule has 0 fully saturated rings. The van der Waals surface area contributed by atoms with E-state index in [1.54, 1.807) is 0 Å². The predicted molar refractivity (Wildman–Crippen MR) is 125 cm³/mol. The van der Waals surface area contributed by atoms with Crippen LogP contribution in [0.5, 0.6) is 0 Å². The van der Waals surface area contributed by atoms with E-state index in [-0.39, 0.29) is 7.92 Å². The van der Waals surface area contributed by atoms with Crippen molar-refractivity contribution in [1.29, 1.82) is 0 Å². The van der Waals surface area contributed by atoms with Gasteiger partial charge in [0.15, 0.2) is 0 Å². The summed E-state index contributed by atoms with van der Waals surface area (Å²) in [6.07, 6.45) is 2.36. The van der Waals surface area contributed by atoms with Crippen molar-refractivity contribution in [2.24, 2.45) is 0 Å². The Hall–Kier alpha value is -1.05. The van der Waals surface area contributed by atoms with E-state index in [1.165, 1.54) is 50.3 Å². The fourth-order valence-corrected chi connectivity index (χ4v) is 12.3. The summed E-state index contributed by atoms with van der Waals surface area (Å²) in [5.74, 6) is 0. The number of hydrogen-bond acceptors (Lipinski definition) is 1. The van der Waals surface area contributed by atoms with Gasteiger partial charge in [-0.25, -0.2) is 0 Å². The monoisotopic (exact) mass is 444 g/mol. The first-order valence-corrected chi connectivity index (χ1v) is 17.5. The van der Waals surface area contributed by atoms with Crippen molar-refractivity contribution >= 4 is 27.1 Å². The molecule has 0 spiro atoms. The summed E-state index contributed by atoms with van der Waals surface area (Å²) in [5.41, 5.74) is 5.22. The summed E-state index contributed by atoms with van der Waals surface area (Å²) in [6, 6.07) is 21.7. The van der Waals surface area contributed by atoms with E-state index in [1.807, 2.05) is 0 Å². The van der Waals surface area contributed by atoms with Gasteiger partial charge in [0.1, 0.15) is 0 Å². The van der Waals surface area contributed by atoms with Crippen LogP contribution in [0.2, 0.25) is 15.8 Å². The summed E-state index contributed by atoms with van der Waals surface area (Å²) in [5, 5.41) is 3.68. The third kappa shape index (κ3) is 5.49. The molecule has 0 aliphatic rings. The van der Waals surface area contributed by atoms with Crippen LogP contribution in [0.4, 0.5) is 0 Å². The van der Waals surface area contributed by atoms with Gasteiger partial charge in [-0.15, -0.1) is 0 Å². The van der Waals surface area contributed by atoms with E-state index in [4.69, 9.17) is 3.76 Å². The van der Waals surface area contributed by atoms with Crippen LogP contribution in [-0.2, 0) is 3.76 Å². The first-order chi connectivity index (χ1) is 13.1. The summed E-state index contributed by atoms with van der Waals surface area (Å²) in [4.78, 5) is 0. The Morgan fingerprint density at radius 2 is 1.11 bits per heavy atom. The van der Waals surface area contributed by atoms with Gasteiger partial charge in [0.2, 0.25) is 0 Å². The van der Waals surface area contributed by atoms with Crippen molar-refractivity contribution in [2.75, 3.05) is 12.3 Å². The molecule has 0 aromatic heterocycles. The van der Waals surface area contributed by atoms with Gasteiger partial charge < -0.3 is 0 Å². The zero-order valence-corrected chi connectivity index (χ0v) is 20.7. The quantitative estimate of drug-likeness (QED) is 0.206. The normalized spacial score (nSPS) is 11.5. The van der Waals surface area contributed by atoms with Crippen LogP contribution in [0, 0.1) is 0 Å². The van der Waals surface area contributed by atoms with Crippen LogP contribution in [0.25, 0.3) is 5.57 Å². The first kappa shape index (κ1) is 22.2. The number of benzene rings is 2. The predicted octanol–water partition coefficient (Wildman–Crippen LogP) is 7.95. The fraction of sp³-hybridized carbons (Fsp3) is 0.417. The second-order valence-corrected chi connectivity index (χ2v) is 19.5. The van der Waals surface area contributed by atoms with Crippen LogP contribution in [0.3, 0.4) is 0 Å². The molecule has 0 aliphatic heterocycles. The van der Waals surface area contributed by atoms with Crippen LogP contribution in [-0.4, -0.2) is 25.9 Å². The summed E-state index contributed by atoms with van der Waals surface area (Å²) in [6.45, 7) is 11.7. The Labute approximate surface area is 170 Å². The maximum absolute atomic E-state index is 7.20. The molecule has 2 aromatic carbocycles. The standard InChI is InChI=1S/C24H35GeOP/c1-6-25(7-2,8-3)26-24(27(9-4)10-5)23(21-17-13-11-14-18-21)22-19-15-12-16-20-22/h11-20H,6-10H2,1-5H3. The summed E-state index contributed by atoms with van der Waals surface area (Å²) < 4.78 is 7.20. The zero-order valence-electron chi connectivity index (χ0n) is 17.7. The second-order valence-electron chi connectivity index (χ2n) is 6.93. The van der Waals surface area contributed by atoms with Gasteiger partial charge in [-0.2, -0.15) is 0 Å². The molecule has 0 unspecified atom stereocenters. The molecular weight excluding hydrogens is 408 g/mol. The molecular formula is C24H35GeOP. The van der Waals surface area contributed by atoms with Gasteiger partial charge in [0, 0.05) is 0 Å². The third-order valence-electron chi connectivity index (χ3n) is 5.64. The Kier molecular flexibility index (Phi) is 9.12. The van der Waals surface area contributed by atoms with Gasteiger partial charge in [-0.1, -0.05) is 0 Å². The average Bonchev–Trinajstić information content (AvgIpc) is 2.74. The fourth-order valence-electron chi connectivity index (χ4n) is 3.58. The molecule has 27 heavy (non-hydrogen) atoms. The zero-order chi connectivity index (χ0) is 19.7. The Morgan fingerprint density at radius 3 is 1.44 bits per heavy atom. The Balaban J connectivity index is 2.75. The second kappa shape index (κ2) is 11.1. The van der Waals surface area contributed by atoms with Gasteiger partial charge in [0.05, 0.1) is 0 Å².